The fourth-order valence-electron chi connectivity index (χ4n) is 1.87. The van der Waals surface area contributed by atoms with Crippen molar-refractivity contribution in [2.45, 2.75) is 32.7 Å². The number of nitrogens with one attached hydrogen (secondary N) is 2. The first kappa shape index (κ1) is 11.6. The Labute approximate surface area is 100 Å². The van der Waals surface area contributed by atoms with Gasteiger partial charge >= 0.3 is 0 Å². The Balaban J connectivity index is 2.34. The van der Waals surface area contributed by atoms with Crippen molar-refractivity contribution in [2.24, 2.45) is 0 Å². The lowest BCUT2D eigenvalue weighted by Gasteiger charge is -2.33. The van der Waals surface area contributed by atoms with E-state index >= 15 is 0 Å². The molecule has 0 atom stereocenters. The molecule has 1 aliphatic heterocycles. The predicted molar refractivity (Wildman–Crippen MR) is 67.2 cm³/mol. The summed E-state index contributed by atoms with van der Waals surface area (Å²) >= 11 is 0. The molecule has 0 aliphatic carbocycles. The highest BCUT2D eigenvalue weighted by molar-refractivity contribution is 6.05. The van der Waals surface area contributed by atoms with E-state index in [0.717, 1.165) is 16.9 Å². The van der Waals surface area contributed by atoms with Crippen LogP contribution in [0.2, 0.25) is 0 Å². The fourth-order valence-corrected chi connectivity index (χ4v) is 1.87. The number of anilines is 2. The van der Waals surface area contributed by atoms with Crippen LogP contribution in [0.1, 0.15) is 26.3 Å². The van der Waals surface area contributed by atoms with Gasteiger partial charge in [-0.2, -0.15) is 0 Å². The maximum Gasteiger partial charge on any atom is 0.249 e. The van der Waals surface area contributed by atoms with Crippen molar-refractivity contribution >= 4 is 23.1 Å². The molecule has 2 N–H and O–H groups in total. The van der Waals surface area contributed by atoms with Crippen LogP contribution >= 0.6 is 0 Å². The highest BCUT2D eigenvalue weighted by atomic mass is 16.2. The van der Waals surface area contributed by atoms with Gasteiger partial charge in [0.15, 0.2) is 0 Å². The molecular formula is C13H16N2O2. The van der Waals surface area contributed by atoms with Gasteiger partial charge in [-0.1, -0.05) is 6.07 Å². The molecule has 1 aromatic carbocycles. The number of Topliss-reactive ketones (excluding diaryl/α,β-unsaturated/α-hetero) is 1. The Morgan fingerprint density at radius 2 is 2.00 bits per heavy atom. The number of carbonyl (C=O) groups excluding carboxylic acids is 2. The smallest absolute Gasteiger partial charge is 0.249 e. The van der Waals surface area contributed by atoms with Crippen LogP contribution in [0.5, 0.6) is 0 Å². The minimum atomic E-state index is -0.623. The van der Waals surface area contributed by atoms with Crippen molar-refractivity contribution in [3.05, 3.63) is 23.8 Å². The molecule has 0 spiro atoms. The summed E-state index contributed by atoms with van der Waals surface area (Å²) in [7, 11) is 0. The van der Waals surface area contributed by atoms with Crippen molar-refractivity contribution in [2.75, 3.05) is 10.6 Å². The Kier molecular flexibility index (Phi) is 2.65. The lowest BCUT2D eigenvalue weighted by atomic mass is 9.98. The Morgan fingerprint density at radius 1 is 1.29 bits per heavy atom. The number of hydrogen-bond acceptors (Lipinski definition) is 3. The third kappa shape index (κ3) is 2.30. The van der Waals surface area contributed by atoms with Gasteiger partial charge in [-0.15, -0.1) is 0 Å². The van der Waals surface area contributed by atoms with Crippen LogP contribution in [-0.4, -0.2) is 17.2 Å². The van der Waals surface area contributed by atoms with E-state index < -0.39 is 5.54 Å². The maximum absolute atomic E-state index is 11.7. The first-order chi connectivity index (χ1) is 7.88. The van der Waals surface area contributed by atoms with Gasteiger partial charge in [0.1, 0.15) is 11.3 Å². The first-order valence-corrected chi connectivity index (χ1v) is 5.60. The molecule has 0 aromatic heterocycles. The van der Waals surface area contributed by atoms with Crippen molar-refractivity contribution in [3.63, 3.8) is 0 Å². The number of hydrogen-bond donors (Lipinski definition) is 2. The third-order valence-corrected chi connectivity index (χ3v) is 2.80. The van der Waals surface area contributed by atoms with E-state index in [0.29, 0.717) is 6.42 Å². The molecule has 1 aliphatic rings. The molecule has 1 heterocycles. The van der Waals surface area contributed by atoms with Gasteiger partial charge in [0, 0.05) is 6.42 Å². The third-order valence-electron chi connectivity index (χ3n) is 2.80. The summed E-state index contributed by atoms with van der Waals surface area (Å²) in [5.41, 5.74) is 1.97. The van der Waals surface area contributed by atoms with Crippen LogP contribution in [0.4, 0.5) is 11.4 Å². The SMILES string of the molecule is CC(=O)Cc1ccc2c(c1)NC(C)(C)C(=O)N2. The second kappa shape index (κ2) is 3.87. The molecule has 17 heavy (non-hydrogen) atoms. The van der Waals surface area contributed by atoms with Crippen LogP contribution in [0.25, 0.3) is 0 Å². The lowest BCUT2D eigenvalue weighted by molar-refractivity contribution is -0.119. The minimum Gasteiger partial charge on any atom is -0.370 e. The van der Waals surface area contributed by atoms with Crippen molar-refractivity contribution < 1.29 is 9.59 Å². The summed E-state index contributed by atoms with van der Waals surface area (Å²) in [6.07, 6.45) is 0.420. The summed E-state index contributed by atoms with van der Waals surface area (Å²) in [5.74, 6) is 0.0772. The van der Waals surface area contributed by atoms with Crippen LogP contribution in [0.15, 0.2) is 18.2 Å². The van der Waals surface area contributed by atoms with Gasteiger partial charge in [0.25, 0.3) is 0 Å². The van der Waals surface area contributed by atoms with Crippen molar-refractivity contribution in [1.29, 1.82) is 0 Å². The summed E-state index contributed by atoms with van der Waals surface area (Å²) in [5, 5.41) is 6.02. The number of fused-ring (bicyclic) bond motifs is 1. The van der Waals surface area contributed by atoms with Crippen molar-refractivity contribution in [1.82, 2.24) is 0 Å². The molecule has 0 radical (unpaired) electrons. The Hall–Kier alpha value is -1.84. The lowest BCUT2D eigenvalue weighted by Crippen LogP contribution is -2.47. The van der Waals surface area contributed by atoms with Crippen LogP contribution < -0.4 is 10.6 Å². The van der Waals surface area contributed by atoms with Gasteiger partial charge in [0.2, 0.25) is 5.91 Å². The molecule has 0 bridgehead atoms. The minimum absolute atomic E-state index is 0.0516. The van der Waals surface area contributed by atoms with E-state index in [1.807, 2.05) is 32.0 Å². The van der Waals surface area contributed by atoms with Gasteiger partial charge in [-0.25, -0.2) is 0 Å². The van der Waals surface area contributed by atoms with Gasteiger partial charge < -0.3 is 10.6 Å². The van der Waals surface area contributed by atoms with Crippen LogP contribution in [-0.2, 0) is 16.0 Å². The van der Waals surface area contributed by atoms with E-state index in [-0.39, 0.29) is 11.7 Å². The molecule has 0 fully saturated rings. The number of benzene rings is 1. The van der Waals surface area contributed by atoms with Crippen molar-refractivity contribution in [3.8, 4) is 0 Å². The topological polar surface area (TPSA) is 58.2 Å². The second-order valence-electron chi connectivity index (χ2n) is 4.96. The average molecular weight is 232 g/mol. The quantitative estimate of drug-likeness (QED) is 0.819. The molecule has 4 nitrogen and oxygen atoms in total. The average Bonchev–Trinajstić information content (AvgIpc) is 2.18. The highest BCUT2D eigenvalue weighted by Crippen LogP contribution is 2.31. The van der Waals surface area contributed by atoms with Gasteiger partial charge in [0.05, 0.1) is 11.4 Å². The zero-order chi connectivity index (χ0) is 12.6. The summed E-state index contributed by atoms with van der Waals surface area (Å²) in [6, 6.07) is 5.60. The largest absolute Gasteiger partial charge is 0.370 e. The first-order valence-electron chi connectivity index (χ1n) is 5.60. The van der Waals surface area contributed by atoms with Crippen LogP contribution in [0.3, 0.4) is 0 Å². The van der Waals surface area contributed by atoms with E-state index in [2.05, 4.69) is 10.6 Å². The molecule has 0 saturated carbocycles. The molecular weight excluding hydrogens is 216 g/mol. The van der Waals surface area contributed by atoms with E-state index in [4.69, 9.17) is 0 Å². The molecule has 2 rings (SSSR count). The van der Waals surface area contributed by atoms with E-state index in [1.54, 1.807) is 6.92 Å². The summed E-state index contributed by atoms with van der Waals surface area (Å²) in [6.45, 7) is 5.21. The molecule has 0 saturated heterocycles. The van der Waals surface area contributed by atoms with Gasteiger partial charge in [-0.05, 0) is 38.5 Å². The molecule has 90 valence electrons. The molecule has 4 heteroatoms. The highest BCUT2D eigenvalue weighted by Gasteiger charge is 2.32. The molecule has 0 unspecified atom stereocenters. The number of ketones is 1. The normalized spacial score (nSPS) is 16.8. The standard InChI is InChI=1S/C13H16N2O2/c1-8(16)6-9-4-5-10-11(7-9)15-13(2,3)12(17)14-10/h4-5,7,15H,6H2,1-3H3,(H,14,17). The fraction of sp³-hybridized carbons (Fsp3) is 0.385. The Bertz CT molecular complexity index is 492. The zero-order valence-corrected chi connectivity index (χ0v) is 10.3. The number of carbonyl (C=O) groups is 2. The number of amides is 1. The van der Waals surface area contributed by atoms with Crippen LogP contribution in [0, 0.1) is 0 Å². The Morgan fingerprint density at radius 3 is 2.65 bits per heavy atom. The number of rotatable bonds is 2. The predicted octanol–water partition coefficient (Wildman–Crippen LogP) is 1.96. The molecule has 1 aromatic rings. The summed E-state index contributed by atoms with van der Waals surface area (Å²) in [4.78, 5) is 22.8. The second-order valence-corrected chi connectivity index (χ2v) is 4.96. The maximum atomic E-state index is 11.7. The molecule has 1 amide bonds. The van der Waals surface area contributed by atoms with E-state index in [1.165, 1.54) is 0 Å². The zero-order valence-electron chi connectivity index (χ0n) is 10.3. The van der Waals surface area contributed by atoms with Gasteiger partial charge in [-0.3, -0.25) is 9.59 Å². The summed E-state index contributed by atoms with van der Waals surface area (Å²) < 4.78 is 0. The monoisotopic (exact) mass is 232 g/mol. The van der Waals surface area contributed by atoms with E-state index in [9.17, 15) is 9.59 Å².